The topological polar surface area (TPSA) is 17.8 Å². The van der Waals surface area contributed by atoms with Crippen LogP contribution in [0.2, 0.25) is 5.28 Å². The molecular formula is C8H6ClFN2. The van der Waals surface area contributed by atoms with E-state index in [2.05, 4.69) is 4.98 Å². The van der Waals surface area contributed by atoms with E-state index in [0.717, 1.165) is 5.52 Å². The summed E-state index contributed by atoms with van der Waals surface area (Å²) in [5.41, 5.74) is 1.42. The lowest BCUT2D eigenvalue weighted by molar-refractivity contribution is 0.629. The van der Waals surface area contributed by atoms with Gasteiger partial charge in [-0.15, -0.1) is 0 Å². The van der Waals surface area contributed by atoms with Gasteiger partial charge in [-0.3, -0.25) is 0 Å². The van der Waals surface area contributed by atoms with Crippen LogP contribution in [0.15, 0.2) is 18.2 Å². The smallest absolute Gasteiger partial charge is 0.203 e. The van der Waals surface area contributed by atoms with Crippen molar-refractivity contribution < 1.29 is 4.39 Å². The molecule has 2 rings (SSSR count). The SMILES string of the molecule is Cn1c(Cl)nc2cc(F)ccc21. The molecule has 4 heteroatoms. The number of hydrogen-bond acceptors (Lipinski definition) is 1. The molecule has 0 N–H and O–H groups in total. The number of halogens is 2. The van der Waals surface area contributed by atoms with Gasteiger partial charge in [0.1, 0.15) is 5.82 Å². The van der Waals surface area contributed by atoms with Crippen LogP contribution in [-0.2, 0) is 7.05 Å². The maximum absolute atomic E-state index is 12.7. The fourth-order valence-electron chi connectivity index (χ4n) is 1.14. The van der Waals surface area contributed by atoms with Crippen LogP contribution >= 0.6 is 11.6 Å². The fourth-order valence-corrected chi connectivity index (χ4v) is 1.33. The highest BCUT2D eigenvalue weighted by Crippen LogP contribution is 2.18. The number of hydrogen-bond donors (Lipinski definition) is 0. The van der Waals surface area contributed by atoms with Crippen molar-refractivity contribution in [3.63, 3.8) is 0 Å². The maximum Gasteiger partial charge on any atom is 0.203 e. The summed E-state index contributed by atoms with van der Waals surface area (Å²) in [5.74, 6) is -0.294. The first-order valence-electron chi connectivity index (χ1n) is 3.46. The van der Waals surface area contributed by atoms with Crippen LogP contribution < -0.4 is 0 Å². The van der Waals surface area contributed by atoms with E-state index in [4.69, 9.17) is 11.6 Å². The van der Waals surface area contributed by atoms with Crippen molar-refractivity contribution >= 4 is 22.6 Å². The van der Waals surface area contributed by atoms with Crippen LogP contribution in [-0.4, -0.2) is 9.55 Å². The molecule has 0 aliphatic carbocycles. The zero-order chi connectivity index (χ0) is 8.72. The molecule has 0 aliphatic heterocycles. The number of nitrogens with zero attached hydrogens (tertiary/aromatic N) is 2. The highest BCUT2D eigenvalue weighted by molar-refractivity contribution is 6.29. The maximum atomic E-state index is 12.7. The van der Waals surface area contributed by atoms with Crippen molar-refractivity contribution in [1.29, 1.82) is 0 Å². The van der Waals surface area contributed by atoms with Crippen LogP contribution in [0.1, 0.15) is 0 Å². The zero-order valence-corrected chi connectivity index (χ0v) is 7.14. The molecule has 0 spiro atoms. The third kappa shape index (κ3) is 0.975. The van der Waals surface area contributed by atoms with Gasteiger partial charge in [0.05, 0.1) is 11.0 Å². The average Bonchev–Trinajstić information content (AvgIpc) is 2.28. The summed E-state index contributed by atoms with van der Waals surface area (Å²) >= 11 is 5.73. The van der Waals surface area contributed by atoms with Crippen molar-refractivity contribution in [3.8, 4) is 0 Å². The van der Waals surface area contributed by atoms with Crippen LogP contribution in [0.25, 0.3) is 11.0 Å². The standard InChI is InChI=1S/C8H6ClFN2/c1-12-7-3-2-5(10)4-6(7)11-8(12)9/h2-4H,1H3. The van der Waals surface area contributed by atoms with E-state index in [9.17, 15) is 4.39 Å². The number of rotatable bonds is 0. The molecule has 1 heterocycles. The Labute approximate surface area is 73.6 Å². The van der Waals surface area contributed by atoms with Gasteiger partial charge in [-0.05, 0) is 23.7 Å². The second-order valence-electron chi connectivity index (χ2n) is 2.57. The number of fused-ring (bicyclic) bond motifs is 1. The van der Waals surface area contributed by atoms with Crippen LogP contribution in [0, 0.1) is 5.82 Å². The summed E-state index contributed by atoms with van der Waals surface area (Å²) in [6.45, 7) is 0. The molecule has 2 nitrogen and oxygen atoms in total. The molecule has 0 aliphatic rings. The summed E-state index contributed by atoms with van der Waals surface area (Å²) in [6.07, 6.45) is 0. The zero-order valence-electron chi connectivity index (χ0n) is 6.38. The third-order valence-electron chi connectivity index (χ3n) is 1.79. The molecule has 2 aromatic rings. The third-order valence-corrected chi connectivity index (χ3v) is 2.13. The predicted molar refractivity (Wildman–Crippen MR) is 45.7 cm³/mol. The molecule has 0 atom stereocenters. The van der Waals surface area contributed by atoms with E-state index in [1.807, 2.05) is 0 Å². The molecule has 1 aromatic heterocycles. The Kier molecular flexibility index (Phi) is 1.54. The predicted octanol–water partition coefficient (Wildman–Crippen LogP) is 2.37. The average molecular weight is 185 g/mol. The van der Waals surface area contributed by atoms with Crippen LogP contribution in [0.4, 0.5) is 4.39 Å². The molecule has 0 unspecified atom stereocenters. The Bertz CT molecular complexity index is 436. The lowest BCUT2D eigenvalue weighted by Gasteiger charge is -1.93. The van der Waals surface area contributed by atoms with Crippen LogP contribution in [0.3, 0.4) is 0 Å². The van der Waals surface area contributed by atoms with Gasteiger partial charge in [-0.25, -0.2) is 9.37 Å². The largest absolute Gasteiger partial charge is 0.318 e. The Hall–Kier alpha value is -1.09. The van der Waals surface area contributed by atoms with Crippen molar-refractivity contribution in [3.05, 3.63) is 29.3 Å². The molecule has 12 heavy (non-hydrogen) atoms. The molecule has 0 radical (unpaired) electrons. The molecule has 0 saturated carbocycles. The van der Waals surface area contributed by atoms with E-state index < -0.39 is 0 Å². The van der Waals surface area contributed by atoms with Crippen molar-refractivity contribution in [2.24, 2.45) is 7.05 Å². The van der Waals surface area contributed by atoms with Gasteiger partial charge in [0.2, 0.25) is 5.28 Å². The van der Waals surface area contributed by atoms with Crippen molar-refractivity contribution in [1.82, 2.24) is 9.55 Å². The number of aryl methyl sites for hydroxylation is 1. The van der Waals surface area contributed by atoms with Gasteiger partial charge in [-0.1, -0.05) is 0 Å². The van der Waals surface area contributed by atoms with E-state index in [-0.39, 0.29) is 5.82 Å². The first kappa shape index (κ1) is 7.55. The minimum Gasteiger partial charge on any atom is -0.318 e. The Balaban J connectivity index is 2.87. The first-order chi connectivity index (χ1) is 5.68. The Morgan fingerprint density at radius 3 is 3.00 bits per heavy atom. The van der Waals surface area contributed by atoms with E-state index in [1.165, 1.54) is 12.1 Å². The Morgan fingerprint density at radius 1 is 1.50 bits per heavy atom. The quantitative estimate of drug-likeness (QED) is 0.615. The summed E-state index contributed by atoms with van der Waals surface area (Å²) in [7, 11) is 1.79. The van der Waals surface area contributed by atoms with Crippen molar-refractivity contribution in [2.75, 3.05) is 0 Å². The molecule has 0 saturated heterocycles. The minimum absolute atomic E-state index is 0.294. The second-order valence-corrected chi connectivity index (χ2v) is 2.91. The highest BCUT2D eigenvalue weighted by atomic mass is 35.5. The first-order valence-corrected chi connectivity index (χ1v) is 3.84. The van der Waals surface area contributed by atoms with Gasteiger partial charge in [0.25, 0.3) is 0 Å². The van der Waals surface area contributed by atoms with Gasteiger partial charge in [0, 0.05) is 13.1 Å². The molecule has 0 amide bonds. The summed E-state index contributed by atoms with van der Waals surface area (Å²) in [6, 6.07) is 4.41. The normalized spacial score (nSPS) is 10.9. The molecule has 0 fully saturated rings. The molecular weight excluding hydrogens is 179 g/mol. The van der Waals surface area contributed by atoms with E-state index in [0.29, 0.717) is 10.8 Å². The lowest BCUT2D eigenvalue weighted by Crippen LogP contribution is -1.85. The number of aromatic nitrogens is 2. The second kappa shape index (κ2) is 2.45. The number of imidazole rings is 1. The lowest BCUT2D eigenvalue weighted by atomic mass is 10.3. The minimum atomic E-state index is -0.294. The monoisotopic (exact) mass is 184 g/mol. The molecule has 1 aromatic carbocycles. The molecule has 62 valence electrons. The number of benzene rings is 1. The fraction of sp³-hybridized carbons (Fsp3) is 0.125. The van der Waals surface area contributed by atoms with Gasteiger partial charge in [0.15, 0.2) is 0 Å². The van der Waals surface area contributed by atoms with Gasteiger partial charge in [-0.2, -0.15) is 0 Å². The summed E-state index contributed by atoms with van der Waals surface area (Å²) < 4.78 is 14.4. The highest BCUT2D eigenvalue weighted by Gasteiger charge is 2.04. The van der Waals surface area contributed by atoms with Gasteiger partial charge >= 0.3 is 0 Å². The van der Waals surface area contributed by atoms with Crippen LogP contribution in [0.5, 0.6) is 0 Å². The Morgan fingerprint density at radius 2 is 2.25 bits per heavy atom. The van der Waals surface area contributed by atoms with Crippen molar-refractivity contribution in [2.45, 2.75) is 0 Å². The van der Waals surface area contributed by atoms with E-state index >= 15 is 0 Å². The molecule has 0 bridgehead atoms. The van der Waals surface area contributed by atoms with Gasteiger partial charge < -0.3 is 4.57 Å². The summed E-state index contributed by atoms with van der Waals surface area (Å²) in [4.78, 5) is 3.96. The van der Waals surface area contributed by atoms with E-state index in [1.54, 1.807) is 17.7 Å². The summed E-state index contributed by atoms with van der Waals surface area (Å²) in [5, 5.41) is 0.371.